The number of hydrogen-bond donors (Lipinski definition) is 0. The Bertz CT molecular complexity index is 1410. The predicted molar refractivity (Wildman–Crippen MR) is 123 cm³/mol. The SMILES string of the molecule is O=C(Cn1c(-c2ccccn2)nc2ccccc21)c1cccc(S(=O)(=O)N2CCOCC2)c1. The second-order valence-electron chi connectivity index (χ2n) is 7.69. The average Bonchev–Trinajstić information content (AvgIpc) is 3.23. The molecular weight excluding hydrogens is 440 g/mol. The number of sulfonamides is 1. The van der Waals surface area contributed by atoms with Crippen molar-refractivity contribution in [1.82, 2.24) is 18.8 Å². The van der Waals surface area contributed by atoms with Crippen molar-refractivity contribution in [3.63, 3.8) is 0 Å². The summed E-state index contributed by atoms with van der Waals surface area (Å²) in [4.78, 5) is 22.5. The number of aromatic nitrogens is 3. The molecule has 0 amide bonds. The number of Topliss-reactive ketones (excluding diaryl/α,β-unsaturated/α-hetero) is 1. The van der Waals surface area contributed by atoms with Crippen molar-refractivity contribution in [2.24, 2.45) is 0 Å². The van der Waals surface area contributed by atoms with Crippen LogP contribution < -0.4 is 0 Å². The summed E-state index contributed by atoms with van der Waals surface area (Å²) in [6.07, 6.45) is 1.68. The lowest BCUT2D eigenvalue weighted by molar-refractivity contribution is 0.0730. The molecule has 0 radical (unpaired) electrons. The number of ether oxygens (including phenoxy) is 1. The van der Waals surface area contributed by atoms with Crippen molar-refractivity contribution < 1.29 is 17.9 Å². The Labute approximate surface area is 191 Å². The Kier molecular flexibility index (Phi) is 5.76. The molecule has 0 N–H and O–H groups in total. The molecule has 2 aromatic heterocycles. The molecule has 2 aromatic carbocycles. The summed E-state index contributed by atoms with van der Waals surface area (Å²) in [5, 5.41) is 0. The van der Waals surface area contributed by atoms with Crippen LogP contribution >= 0.6 is 0 Å². The fraction of sp³-hybridized carbons (Fsp3) is 0.208. The van der Waals surface area contributed by atoms with Gasteiger partial charge in [-0.15, -0.1) is 0 Å². The van der Waals surface area contributed by atoms with Gasteiger partial charge in [0.05, 0.1) is 35.7 Å². The van der Waals surface area contributed by atoms with E-state index in [4.69, 9.17) is 4.74 Å². The molecule has 8 nitrogen and oxygen atoms in total. The highest BCUT2D eigenvalue weighted by Gasteiger charge is 2.27. The van der Waals surface area contributed by atoms with Gasteiger partial charge in [0.15, 0.2) is 11.6 Å². The maximum atomic E-state index is 13.3. The second-order valence-corrected chi connectivity index (χ2v) is 9.63. The maximum absolute atomic E-state index is 13.3. The molecular formula is C24H22N4O4S. The second kappa shape index (κ2) is 8.86. The van der Waals surface area contributed by atoms with Crippen molar-refractivity contribution >= 4 is 26.8 Å². The van der Waals surface area contributed by atoms with Gasteiger partial charge in [-0.1, -0.05) is 30.3 Å². The Balaban J connectivity index is 1.49. The van der Waals surface area contributed by atoms with Crippen LogP contribution in [-0.4, -0.2) is 59.3 Å². The first-order valence-corrected chi connectivity index (χ1v) is 12.1. The van der Waals surface area contributed by atoms with Crippen molar-refractivity contribution in [2.75, 3.05) is 26.3 Å². The van der Waals surface area contributed by atoms with Crippen LogP contribution in [0.5, 0.6) is 0 Å². The first kappa shape index (κ1) is 21.4. The summed E-state index contributed by atoms with van der Waals surface area (Å²) in [7, 11) is -3.69. The lowest BCUT2D eigenvalue weighted by atomic mass is 10.1. The zero-order valence-electron chi connectivity index (χ0n) is 17.8. The Morgan fingerprint density at radius 1 is 0.970 bits per heavy atom. The molecule has 1 fully saturated rings. The quantitative estimate of drug-likeness (QED) is 0.409. The summed E-state index contributed by atoms with van der Waals surface area (Å²) in [5.41, 5.74) is 2.55. The van der Waals surface area contributed by atoms with E-state index in [0.717, 1.165) is 11.0 Å². The van der Waals surface area contributed by atoms with E-state index < -0.39 is 10.0 Å². The summed E-state index contributed by atoms with van der Waals surface area (Å²) in [6.45, 7) is 1.33. The van der Waals surface area contributed by atoms with Gasteiger partial charge in [-0.2, -0.15) is 4.31 Å². The van der Waals surface area contributed by atoms with Crippen LogP contribution in [0.2, 0.25) is 0 Å². The van der Waals surface area contributed by atoms with E-state index in [2.05, 4.69) is 9.97 Å². The van der Waals surface area contributed by atoms with Gasteiger partial charge in [-0.3, -0.25) is 9.78 Å². The number of hydrogen-bond acceptors (Lipinski definition) is 6. The van der Waals surface area contributed by atoms with Crippen LogP contribution in [0.15, 0.2) is 77.8 Å². The van der Waals surface area contributed by atoms with E-state index in [9.17, 15) is 13.2 Å². The number of pyridine rings is 1. The van der Waals surface area contributed by atoms with Crippen molar-refractivity contribution in [3.8, 4) is 11.5 Å². The van der Waals surface area contributed by atoms with Gasteiger partial charge in [-0.25, -0.2) is 13.4 Å². The topological polar surface area (TPSA) is 94.4 Å². The zero-order chi connectivity index (χ0) is 22.8. The minimum Gasteiger partial charge on any atom is -0.379 e. The third-order valence-corrected chi connectivity index (χ3v) is 7.51. The highest BCUT2D eigenvalue weighted by molar-refractivity contribution is 7.89. The van der Waals surface area contributed by atoms with Crippen molar-refractivity contribution in [2.45, 2.75) is 11.4 Å². The first-order chi connectivity index (χ1) is 16.0. The number of benzene rings is 2. The molecule has 168 valence electrons. The molecule has 5 rings (SSSR count). The first-order valence-electron chi connectivity index (χ1n) is 10.6. The summed E-state index contributed by atoms with van der Waals surface area (Å²) >= 11 is 0. The van der Waals surface area contributed by atoms with Gasteiger partial charge in [0, 0.05) is 24.8 Å². The fourth-order valence-corrected chi connectivity index (χ4v) is 5.38. The lowest BCUT2D eigenvalue weighted by Crippen LogP contribution is -2.40. The Hall–Kier alpha value is -3.40. The largest absolute Gasteiger partial charge is 0.379 e. The molecule has 3 heterocycles. The van der Waals surface area contributed by atoms with Crippen LogP contribution in [0.25, 0.3) is 22.6 Å². The Morgan fingerprint density at radius 2 is 1.76 bits per heavy atom. The lowest BCUT2D eigenvalue weighted by Gasteiger charge is -2.26. The van der Waals surface area contributed by atoms with E-state index >= 15 is 0 Å². The summed E-state index contributed by atoms with van der Waals surface area (Å²) < 4.78 is 34.5. The van der Waals surface area contributed by atoms with Gasteiger partial charge in [-0.05, 0) is 36.4 Å². The number of para-hydroxylation sites is 2. The van der Waals surface area contributed by atoms with E-state index in [-0.39, 0.29) is 17.2 Å². The van der Waals surface area contributed by atoms with Gasteiger partial charge >= 0.3 is 0 Å². The Morgan fingerprint density at radius 3 is 2.55 bits per heavy atom. The maximum Gasteiger partial charge on any atom is 0.243 e. The molecule has 0 unspecified atom stereocenters. The molecule has 0 aliphatic carbocycles. The van der Waals surface area contributed by atoms with Crippen LogP contribution in [-0.2, 0) is 21.3 Å². The number of nitrogens with zero attached hydrogens (tertiary/aromatic N) is 4. The molecule has 0 bridgehead atoms. The van der Waals surface area contributed by atoms with Crippen LogP contribution in [0.3, 0.4) is 0 Å². The van der Waals surface area contributed by atoms with Crippen molar-refractivity contribution in [3.05, 3.63) is 78.5 Å². The van der Waals surface area contributed by atoms with Gasteiger partial charge in [0.1, 0.15) is 5.69 Å². The predicted octanol–water partition coefficient (Wildman–Crippen LogP) is 3.00. The molecule has 0 atom stereocenters. The van der Waals surface area contributed by atoms with Gasteiger partial charge in [0.25, 0.3) is 0 Å². The minimum atomic E-state index is -3.69. The smallest absolute Gasteiger partial charge is 0.243 e. The number of carbonyl (C=O) groups is 1. The van der Waals surface area contributed by atoms with E-state index in [1.54, 1.807) is 18.3 Å². The highest BCUT2D eigenvalue weighted by Crippen LogP contribution is 2.25. The van der Waals surface area contributed by atoms with Crippen LogP contribution in [0, 0.1) is 0 Å². The van der Waals surface area contributed by atoms with E-state index in [1.807, 2.05) is 47.0 Å². The average molecular weight is 463 g/mol. The third-order valence-electron chi connectivity index (χ3n) is 5.61. The number of carbonyl (C=O) groups excluding carboxylic acids is 1. The van der Waals surface area contributed by atoms with Gasteiger partial charge in [0.2, 0.25) is 10.0 Å². The number of morpholine rings is 1. The number of imidazole rings is 1. The third kappa shape index (κ3) is 4.18. The standard InChI is InChI=1S/C24H22N4O4S/c29-23(18-6-5-7-19(16-18)33(30,31)27-12-14-32-15-13-27)17-28-22-10-2-1-8-20(22)26-24(28)21-9-3-4-11-25-21/h1-11,16H,12-15,17H2. The summed E-state index contributed by atoms with van der Waals surface area (Å²) in [6, 6.07) is 19.3. The minimum absolute atomic E-state index is 0.00742. The fourth-order valence-electron chi connectivity index (χ4n) is 3.93. The number of fused-ring (bicyclic) bond motifs is 1. The number of ketones is 1. The molecule has 0 saturated carbocycles. The highest BCUT2D eigenvalue weighted by atomic mass is 32.2. The molecule has 9 heteroatoms. The van der Waals surface area contributed by atoms with Crippen LogP contribution in [0.1, 0.15) is 10.4 Å². The molecule has 1 saturated heterocycles. The monoisotopic (exact) mass is 462 g/mol. The summed E-state index contributed by atoms with van der Waals surface area (Å²) in [5.74, 6) is 0.372. The molecule has 4 aromatic rings. The van der Waals surface area contributed by atoms with Crippen LogP contribution in [0.4, 0.5) is 0 Å². The molecule has 1 aliphatic rings. The molecule has 33 heavy (non-hydrogen) atoms. The normalized spacial score (nSPS) is 15.0. The van der Waals surface area contributed by atoms with E-state index in [1.165, 1.54) is 16.4 Å². The number of rotatable bonds is 6. The van der Waals surface area contributed by atoms with Gasteiger partial charge < -0.3 is 9.30 Å². The van der Waals surface area contributed by atoms with Crippen molar-refractivity contribution in [1.29, 1.82) is 0 Å². The molecule has 0 spiro atoms. The molecule has 1 aliphatic heterocycles. The zero-order valence-corrected chi connectivity index (χ0v) is 18.6. The van der Waals surface area contributed by atoms with E-state index in [0.29, 0.717) is 43.4 Å².